The smallest absolute Gasteiger partial charge is 0.342 e. The number of carbonyl (C=O) groups excluding carboxylic acids is 1. The molecule has 0 saturated heterocycles. The van der Waals surface area contributed by atoms with Gasteiger partial charge in [-0.25, -0.2) is 9.48 Å². The first kappa shape index (κ1) is 20.8. The highest BCUT2D eigenvalue weighted by atomic mass is 16.5. The largest absolute Gasteiger partial charge is 0.457 e. The molecule has 0 aliphatic heterocycles. The van der Waals surface area contributed by atoms with Crippen molar-refractivity contribution >= 4 is 5.97 Å². The minimum atomic E-state index is -0.333. The molecule has 2 aromatic carbocycles. The molecule has 0 saturated carbocycles. The molecule has 1 aromatic heterocycles. The zero-order valence-electron chi connectivity index (χ0n) is 18.5. The van der Waals surface area contributed by atoms with Crippen LogP contribution in [0.25, 0.3) is 5.69 Å². The Morgan fingerprint density at radius 1 is 1.00 bits per heavy atom. The van der Waals surface area contributed by atoms with Gasteiger partial charge in [0.1, 0.15) is 12.2 Å². The van der Waals surface area contributed by atoms with Crippen LogP contribution in [0.15, 0.2) is 42.5 Å². The van der Waals surface area contributed by atoms with Gasteiger partial charge in [-0.05, 0) is 67.5 Å². The van der Waals surface area contributed by atoms with Gasteiger partial charge in [0.25, 0.3) is 0 Å². The molecule has 0 aliphatic rings. The monoisotopic (exact) mass is 390 g/mol. The number of aryl methyl sites for hydroxylation is 3. The predicted molar refractivity (Wildman–Crippen MR) is 117 cm³/mol. The van der Waals surface area contributed by atoms with Gasteiger partial charge >= 0.3 is 5.97 Å². The first-order chi connectivity index (χ1) is 13.6. The quantitative estimate of drug-likeness (QED) is 0.532. The number of carbonyl (C=O) groups is 1. The second-order valence-electron chi connectivity index (χ2n) is 8.71. The number of esters is 1. The number of aromatic nitrogens is 2. The zero-order chi connectivity index (χ0) is 21.3. The second-order valence-corrected chi connectivity index (χ2v) is 8.71. The Hall–Kier alpha value is -2.88. The predicted octanol–water partition coefficient (Wildman–Crippen LogP) is 5.76. The third-order valence-corrected chi connectivity index (χ3v) is 5.41. The molecule has 0 fully saturated rings. The number of hydrogen-bond donors (Lipinski definition) is 0. The van der Waals surface area contributed by atoms with Gasteiger partial charge in [-0.1, -0.05) is 51.1 Å². The molecule has 0 spiro atoms. The molecule has 1 heterocycles. The van der Waals surface area contributed by atoms with Crippen LogP contribution in [0.1, 0.15) is 64.8 Å². The summed E-state index contributed by atoms with van der Waals surface area (Å²) in [5, 5.41) is 4.55. The minimum absolute atomic E-state index is 0.0883. The van der Waals surface area contributed by atoms with Crippen LogP contribution in [0.5, 0.6) is 0 Å². The van der Waals surface area contributed by atoms with Gasteiger partial charge < -0.3 is 4.74 Å². The summed E-state index contributed by atoms with van der Waals surface area (Å²) < 4.78 is 7.51. The molecule has 0 bridgehead atoms. The lowest BCUT2D eigenvalue weighted by atomic mass is 9.84. The fourth-order valence-electron chi connectivity index (χ4n) is 3.62. The lowest BCUT2D eigenvalue weighted by molar-refractivity contribution is 0.0469. The summed E-state index contributed by atoms with van der Waals surface area (Å²) in [4.78, 5) is 12.9. The van der Waals surface area contributed by atoms with Gasteiger partial charge in [0.2, 0.25) is 0 Å². The molecule has 0 aliphatic carbocycles. The number of hydrogen-bond acceptors (Lipinski definition) is 3. The molecule has 0 radical (unpaired) electrons. The number of rotatable bonds is 4. The van der Waals surface area contributed by atoms with E-state index in [0.29, 0.717) is 11.3 Å². The highest BCUT2D eigenvalue weighted by Gasteiger charge is 2.22. The topological polar surface area (TPSA) is 44.1 Å². The summed E-state index contributed by atoms with van der Waals surface area (Å²) in [5.74, 6) is -0.333. The van der Waals surface area contributed by atoms with Crippen LogP contribution in [0.3, 0.4) is 0 Å². The van der Waals surface area contributed by atoms with E-state index in [4.69, 9.17) is 4.74 Å². The van der Waals surface area contributed by atoms with Gasteiger partial charge in [0.05, 0.1) is 17.1 Å². The van der Waals surface area contributed by atoms with E-state index in [1.807, 2.05) is 44.2 Å². The highest BCUT2D eigenvalue weighted by Crippen LogP contribution is 2.27. The van der Waals surface area contributed by atoms with E-state index >= 15 is 0 Å². The highest BCUT2D eigenvalue weighted by molar-refractivity contribution is 5.92. The van der Waals surface area contributed by atoms with E-state index in [-0.39, 0.29) is 18.0 Å². The van der Waals surface area contributed by atoms with Crippen LogP contribution in [0, 0.1) is 27.7 Å². The van der Waals surface area contributed by atoms with Crippen molar-refractivity contribution in [3.8, 4) is 5.69 Å². The number of para-hydroxylation sites is 1. The van der Waals surface area contributed by atoms with Crippen molar-refractivity contribution in [1.82, 2.24) is 9.78 Å². The SMILES string of the molecule is Cc1cc(C(C)(C)C)cc(C)c1COC(=O)c1c(C)nn(-c2ccccc2)c1C. The second kappa shape index (κ2) is 7.86. The Morgan fingerprint density at radius 2 is 1.59 bits per heavy atom. The van der Waals surface area contributed by atoms with Crippen molar-refractivity contribution < 1.29 is 9.53 Å². The number of nitrogens with zero attached hydrogens (tertiary/aromatic N) is 2. The minimum Gasteiger partial charge on any atom is -0.457 e. The first-order valence-corrected chi connectivity index (χ1v) is 9.99. The number of benzene rings is 2. The molecule has 4 nitrogen and oxygen atoms in total. The maximum Gasteiger partial charge on any atom is 0.342 e. The third-order valence-electron chi connectivity index (χ3n) is 5.41. The molecular weight excluding hydrogens is 360 g/mol. The van der Waals surface area contributed by atoms with E-state index < -0.39 is 0 Å². The van der Waals surface area contributed by atoms with Crippen molar-refractivity contribution in [2.24, 2.45) is 0 Å². The summed E-state index contributed by atoms with van der Waals surface area (Å²) in [6.07, 6.45) is 0. The number of ether oxygens (including phenoxy) is 1. The zero-order valence-corrected chi connectivity index (χ0v) is 18.5. The van der Waals surface area contributed by atoms with Gasteiger partial charge in [0, 0.05) is 0 Å². The molecule has 0 amide bonds. The van der Waals surface area contributed by atoms with Crippen molar-refractivity contribution in [3.63, 3.8) is 0 Å². The van der Waals surface area contributed by atoms with Crippen LogP contribution < -0.4 is 0 Å². The fraction of sp³-hybridized carbons (Fsp3) is 0.360. The van der Waals surface area contributed by atoms with Gasteiger partial charge in [-0.3, -0.25) is 0 Å². The first-order valence-electron chi connectivity index (χ1n) is 9.99. The molecule has 0 N–H and O–H groups in total. The molecular formula is C25H30N2O2. The Labute approximate surface area is 173 Å². The van der Waals surface area contributed by atoms with Crippen LogP contribution in [0.4, 0.5) is 0 Å². The fourth-order valence-corrected chi connectivity index (χ4v) is 3.62. The maximum absolute atomic E-state index is 12.9. The maximum atomic E-state index is 12.9. The average molecular weight is 391 g/mol. The molecule has 0 atom stereocenters. The molecule has 3 rings (SSSR count). The van der Waals surface area contributed by atoms with Crippen LogP contribution >= 0.6 is 0 Å². The van der Waals surface area contributed by atoms with Crippen LogP contribution in [-0.4, -0.2) is 15.7 Å². The molecule has 3 aromatic rings. The summed E-state index contributed by atoms with van der Waals surface area (Å²) in [5.41, 5.74) is 7.67. The Kier molecular flexibility index (Phi) is 5.65. The summed E-state index contributed by atoms with van der Waals surface area (Å²) in [6.45, 7) is 14.8. The molecule has 29 heavy (non-hydrogen) atoms. The molecule has 152 valence electrons. The Balaban J connectivity index is 1.83. The van der Waals surface area contributed by atoms with E-state index in [2.05, 4.69) is 51.9 Å². The van der Waals surface area contributed by atoms with Gasteiger partial charge in [0.15, 0.2) is 0 Å². The Morgan fingerprint density at radius 3 is 2.14 bits per heavy atom. The normalized spacial score (nSPS) is 11.6. The summed E-state index contributed by atoms with van der Waals surface area (Å²) in [7, 11) is 0. The van der Waals surface area contributed by atoms with Crippen LogP contribution in [-0.2, 0) is 16.8 Å². The van der Waals surface area contributed by atoms with Crippen molar-refractivity contribution in [1.29, 1.82) is 0 Å². The molecule has 0 unspecified atom stereocenters. The summed E-state index contributed by atoms with van der Waals surface area (Å²) >= 11 is 0. The lowest BCUT2D eigenvalue weighted by Crippen LogP contribution is -2.14. The van der Waals surface area contributed by atoms with Crippen molar-refractivity contribution in [3.05, 3.63) is 81.7 Å². The molecule has 4 heteroatoms. The van der Waals surface area contributed by atoms with E-state index in [1.165, 1.54) is 5.56 Å². The lowest BCUT2D eigenvalue weighted by Gasteiger charge is -2.22. The summed E-state index contributed by atoms with van der Waals surface area (Å²) in [6, 6.07) is 14.2. The van der Waals surface area contributed by atoms with Gasteiger partial charge in [-0.15, -0.1) is 0 Å². The standard InChI is InChI=1S/C25H30N2O2/c1-16-13-20(25(5,6)7)14-17(2)22(16)15-29-24(28)23-18(3)26-27(19(23)4)21-11-9-8-10-12-21/h8-14H,15H2,1-7H3. The third kappa shape index (κ3) is 4.26. The van der Waals surface area contributed by atoms with E-state index in [1.54, 1.807) is 4.68 Å². The van der Waals surface area contributed by atoms with Crippen molar-refractivity contribution in [2.45, 2.75) is 60.5 Å². The van der Waals surface area contributed by atoms with E-state index in [0.717, 1.165) is 28.1 Å². The van der Waals surface area contributed by atoms with Crippen molar-refractivity contribution in [2.75, 3.05) is 0 Å². The Bertz CT molecular complexity index is 1020. The van der Waals surface area contributed by atoms with Gasteiger partial charge in [-0.2, -0.15) is 5.10 Å². The van der Waals surface area contributed by atoms with E-state index in [9.17, 15) is 4.79 Å². The average Bonchev–Trinajstić information content (AvgIpc) is 2.95. The van der Waals surface area contributed by atoms with Crippen LogP contribution in [0.2, 0.25) is 0 Å².